The summed E-state index contributed by atoms with van der Waals surface area (Å²) in [7, 11) is 1.67. The minimum Gasteiger partial charge on any atom is -0.496 e. The van der Waals surface area contributed by atoms with Crippen molar-refractivity contribution in [3.05, 3.63) is 96.2 Å². The number of nitrogens with zero attached hydrogens (tertiary/aromatic N) is 3. The summed E-state index contributed by atoms with van der Waals surface area (Å²) in [6.07, 6.45) is 12.1. The van der Waals surface area contributed by atoms with E-state index in [1.54, 1.807) is 7.11 Å². The first-order valence-corrected chi connectivity index (χ1v) is 11.6. The van der Waals surface area contributed by atoms with E-state index in [-0.39, 0.29) is 0 Å². The van der Waals surface area contributed by atoms with Gasteiger partial charge in [0.25, 0.3) is 0 Å². The largest absolute Gasteiger partial charge is 0.496 e. The van der Waals surface area contributed by atoms with Crippen LogP contribution in [0.1, 0.15) is 18.4 Å². The van der Waals surface area contributed by atoms with E-state index in [0.717, 1.165) is 41.3 Å². The molecule has 3 aromatic rings. The van der Waals surface area contributed by atoms with Crippen LogP contribution in [0.2, 0.25) is 0 Å². The highest BCUT2D eigenvalue weighted by molar-refractivity contribution is 5.84. The fourth-order valence-corrected chi connectivity index (χ4v) is 4.55. The van der Waals surface area contributed by atoms with Gasteiger partial charge in [0.1, 0.15) is 12.1 Å². The first-order valence-electron chi connectivity index (χ1n) is 11.6. The number of benzene rings is 2. The molecule has 0 unspecified atom stereocenters. The highest BCUT2D eigenvalue weighted by Gasteiger charge is 2.19. The molecule has 1 saturated heterocycles. The van der Waals surface area contributed by atoms with Crippen LogP contribution in [0.15, 0.2) is 90.7 Å². The van der Waals surface area contributed by atoms with E-state index in [9.17, 15) is 0 Å². The third-order valence-corrected chi connectivity index (χ3v) is 6.48. The number of piperidine rings is 1. The summed E-state index contributed by atoms with van der Waals surface area (Å²) in [5.41, 5.74) is 8.68. The van der Waals surface area contributed by atoms with Gasteiger partial charge < -0.3 is 10.1 Å². The molecule has 0 amide bonds. The quantitative estimate of drug-likeness (QED) is 0.498. The lowest BCUT2D eigenvalue weighted by Gasteiger charge is -2.32. The Balaban J connectivity index is 1.18. The van der Waals surface area contributed by atoms with Crippen molar-refractivity contribution in [3.63, 3.8) is 0 Å². The molecule has 1 aliphatic carbocycles. The van der Waals surface area contributed by atoms with Crippen LogP contribution in [0, 0.1) is 5.92 Å². The molecule has 168 valence electrons. The van der Waals surface area contributed by atoms with Crippen LogP contribution >= 0.6 is 0 Å². The predicted molar refractivity (Wildman–Crippen MR) is 135 cm³/mol. The maximum atomic E-state index is 5.39. The molecule has 33 heavy (non-hydrogen) atoms. The number of aromatic nitrogens is 2. The maximum Gasteiger partial charge on any atom is 0.128 e. The second-order valence-electron chi connectivity index (χ2n) is 8.72. The summed E-state index contributed by atoms with van der Waals surface area (Å²) in [6, 6.07) is 17.2. The van der Waals surface area contributed by atoms with Crippen molar-refractivity contribution in [3.8, 4) is 0 Å². The predicted octanol–water partition coefficient (Wildman–Crippen LogP) is 5.46. The number of nitrogens with one attached hydrogen (secondary N) is 1. The molecule has 1 aromatic heterocycles. The molecule has 2 heterocycles. The molecular weight excluding hydrogens is 408 g/mol. The smallest absolute Gasteiger partial charge is 0.128 e. The average molecular weight is 439 g/mol. The first kappa shape index (κ1) is 21.3. The zero-order valence-corrected chi connectivity index (χ0v) is 19.1. The van der Waals surface area contributed by atoms with Crippen molar-refractivity contribution in [2.24, 2.45) is 5.92 Å². The minimum atomic E-state index is 0.707. The zero-order valence-electron chi connectivity index (χ0n) is 19.1. The summed E-state index contributed by atoms with van der Waals surface area (Å²) in [6.45, 7) is 4.40. The monoisotopic (exact) mass is 438 g/mol. The number of hydrogen-bond donors (Lipinski definition) is 1. The first-order chi connectivity index (χ1) is 16.3. The molecule has 0 atom stereocenters. The van der Waals surface area contributed by atoms with Crippen molar-refractivity contribution < 1.29 is 4.74 Å². The van der Waals surface area contributed by atoms with Gasteiger partial charge in [-0.2, -0.15) is 0 Å². The Morgan fingerprint density at radius 1 is 1.12 bits per heavy atom. The number of methoxy groups -OCH3 is 1. The Morgan fingerprint density at radius 3 is 2.79 bits per heavy atom. The lowest BCUT2D eigenvalue weighted by molar-refractivity contribution is 0.182. The standard InChI is InChI=1S/C28H30N4O/c1-33-26-10-6-5-9-25(18-26)32-21-30-27-17-24(11-12-28(27)32)29-19-22-13-15-31(16-14-22)20-23-7-3-2-4-8-23/h2-5,7-12,17-18,21-22,29H,13-16,19-20H2,1H3. The SMILES string of the molecule is COC1=CC(n2cnc3cc(NCC4CCN(Cc5ccccc5)CC4)ccc32)=CC=C=C1. The van der Waals surface area contributed by atoms with Gasteiger partial charge in [-0.1, -0.05) is 30.3 Å². The molecule has 5 rings (SSSR count). The van der Waals surface area contributed by atoms with Crippen LogP contribution in [-0.2, 0) is 11.3 Å². The van der Waals surface area contributed by atoms with E-state index in [1.807, 2.05) is 30.6 Å². The molecule has 1 aliphatic heterocycles. The van der Waals surface area contributed by atoms with E-state index in [0.29, 0.717) is 5.92 Å². The minimum absolute atomic E-state index is 0.707. The van der Waals surface area contributed by atoms with Crippen LogP contribution in [0.3, 0.4) is 0 Å². The van der Waals surface area contributed by atoms with Gasteiger partial charge in [0.15, 0.2) is 0 Å². The van der Waals surface area contributed by atoms with Gasteiger partial charge in [-0.05, 0) is 67.8 Å². The van der Waals surface area contributed by atoms with Gasteiger partial charge in [-0.25, -0.2) is 4.98 Å². The van der Waals surface area contributed by atoms with Crippen molar-refractivity contribution in [1.29, 1.82) is 0 Å². The average Bonchev–Trinajstić information content (AvgIpc) is 3.13. The number of ether oxygens (including phenoxy) is 1. The van der Waals surface area contributed by atoms with Crippen molar-refractivity contribution in [2.75, 3.05) is 32.1 Å². The maximum absolute atomic E-state index is 5.39. The van der Waals surface area contributed by atoms with Gasteiger partial charge in [-0.3, -0.25) is 9.47 Å². The highest BCUT2D eigenvalue weighted by atomic mass is 16.5. The van der Waals surface area contributed by atoms with Crippen LogP contribution in [0.5, 0.6) is 0 Å². The Labute approximate surface area is 195 Å². The molecule has 1 N–H and O–H groups in total. The van der Waals surface area contributed by atoms with Crippen LogP contribution < -0.4 is 5.32 Å². The Hall–Kier alpha value is -3.53. The van der Waals surface area contributed by atoms with E-state index in [4.69, 9.17) is 4.74 Å². The normalized spacial score (nSPS) is 17.0. The van der Waals surface area contributed by atoms with Crippen LogP contribution in [0.25, 0.3) is 16.7 Å². The molecule has 2 aromatic carbocycles. The molecule has 0 saturated carbocycles. The zero-order chi connectivity index (χ0) is 22.5. The summed E-state index contributed by atoms with van der Waals surface area (Å²) >= 11 is 0. The summed E-state index contributed by atoms with van der Waals surface area (Å²) in [5.74, 6) is 1.48. The molecular formula is C28H30N4O. The van der Waals surface area contributed by atoms with E-state index < -0.39 is 0 Å². The van der Waals surface area contributed by atoms with E-state index in [2.05, 4.69) is 74.0 Å². The lowest BCUT2D eigenvalue weighted by Crippen LogP contribution is -2.35. The number of anilines is 1. The number of imidazole rings is 1. The number of fused-ring (bicyclic) bond motifs is 1. The van der Waals surface area contributed by atoms with Crippen LogP contribution in [0.4, 0.5) is 5.69 Å². The van der Waals surface area contributed by atoms with Gasteiger partial charge in [0.2, 0.25) is 0 Å². The van der Waals surface area contributed by atoms with Crippen LogP contribution in [-0.4, -0.2) is 41.2 Å². The summed E-state index contributed by atoms with van der Waals surface area (Å²) < 4.78 is 7.47. The number of rotatable bonds is 7. The molecule has 0 bridgehead atoms. The molecule has 0 radical (unpaired) electrons. The third-order valence-electron chi connectivity index (χ3n) is 6.48. The second kappa shape index (κ2) is 9.95. The Bertz CT molecular complexity index is 1220. The Morgan fingerprint density at radius 2 is 1.97 bits per heavy atom. The number of likely N-dealkylation sites (tertiary alicyclic amines) is 1. The second-order valence-corrected chi connectivity index (χ2v) is 8.72. The molecule has 2 aliphatic rings. The fraction of sp³-hybridized carbons (Fsp3) is 0.286. The highest BCUT2D eigenvalue weighted by Crippen LogP contribution is 2.25. The topological polar surface area (TPSA) is 42.3 Å². The van der Waals surface area contributed by atoms with Crippen molar-refractivity contribution in [1.82, 2.24) is 14.5 Å². The fourth-order valence-electron chi connectivity index (χ4n) is 4.55. The number of hydrogen-bond acceptors (Lipinski definition) is 4. The van der Waals surface area contributed by atoms with Gasteiger partial charge in [0.05, 0.1) is 23.8 Å². The molecule has 5 nitrogen and oxygen atoms in total. The lowest BCUT2D eigenvalue weighted by atomic mass is 9.96. The van der Waals surface area contributed by atoms with E-state index in [1.165, 1.54) is 31.5 Å². The Kier molecular flexibility index (Phi) is 6.43. The number of allylic oxidation sites excluding steroid dienone is 4. The van der Waals surface area contributed by atoms with Gasteiger partial charge >= 0.3 is 0 Å². The van der Waals surface area contributed by atoms with Gasteiger partial charge in [-0.15, -0.1) is 5.73 Å². The molecule has 0 spiro atoms. The van der Waals surface area contributed by atoms with E-state index >= 15 is 0 Å². The summed E-state index contributed by atoms with van der Waals surface area (Å²) in [4.78, 5) is 7.21. The molecule has 5 heteroatoms. The van der Waals surface area contributed by atoms with Gasteiger partial charge in [0, 0.05) is 30.9 Å². The summed E-state index contributed by atoms with van der Waals surface area (Å²) in [5, 5.41) is 3.65. The third kappa shape index (κ3) is 5.11. The van der Waals surface area contributed by atoms with Crippen molar-refractivity contribution in [2.45, 2.75) is 19.4 Å². The molecule has 1 fully saturated rings. The van der Waals surface area contributed by atoms with Crippen molar-refractivity contribution >= 4 is 22.4 Å².